The van der Waals surface area contributed by atoms with E-state index in [4.69, 9.17) is 9.84 Å². The Morgan fingerprint density at radius 3 is 1.42 bits per heavy atom. The normalized spacial score (nSPS) is 12.4. The van der Waals surface area contributed by atoms with Crippen LogP contribution < -0.4 is 5.32 Å². The van der Waals surface area contributed by atoms with Crippen LogP contribution in [0.1, 0.15) is 130 Å². The van der Waals surface area contributed by atoms with Crippen LogP contribution in [0.25, 0.3) is 0 Å². The van der Waals surface area contributed by atoms with Crippen molar-refractivity contribution in [2.75, 3.05) is 0 Å². The van der Waals surface area contributed by atoms with E-state index in [1.165, 1.54) is 64.7 Å². The highest BCUT2D eigenvalue weighted by molar-refractivity contribution is 5.83. The number of nitrogens with one attached hydrogen (secondary N) is 1. The van der Waals surface area contributed by atoms with Crippen LogP contribution in [0, 0.1) is 0 Å². The Balaban J connectivity index is 3.28. The first-order valence-electron chi connectivity index (χ1n) is 12.4. The SMILES string of the molecule is CC(NC(=O)CCCCCCCCCCCCCCCCC(=O)OC(C)(C)C)C(=O)O. The molecule has 31 heavy (non-hydrogen) atoms. The second kappa shape index (κ2) is 18.0. The standard InChI is InChI=1S/C25H47NO5/c1-21(24(29)30)26-22(27)19-17-15-13-11-9-7-5-6-8-10-12-14-16-18-20-23(28)31-25(2,3)4/h21H,5-20H2,1-4H3,(H,26,27)(H,29,30). The molecule has 0 aromatic carbocycles. The van der Waals surface area contributed by atoms with Crippen molar-refractivity contribution in [2.45, 2.75) is 142 Å². The summed E-state index contributed by atoms with van der Waals surface area (Å²) in [4.78, 5) is 33.9. The van der Waals surface area contributed by atoms with Crippen LogP contribution in [-0.4, -0.2) is 34.6 Å². The number of carboxylic acids is 1. The van der Waals surface area contributed by atoms with Crippen LogP contribution >= 0.6 is 0 Å². The van der Waals surface area contributed by atoms with Gasteiger partial charge in [-0.25, -0.2) is 0 Å². The molecule has 0 heterocycles. The molecule has 0 aliphatic carbocycles. The van der Waals surface area contributed by atoms with Crippen LogP contribution in [0.2, 0.25) is 0 Å². The molecule has 1 unspecified atom stereocenters. The van der Waals surface area contributed by atoms with Crippen LogP contribution in [0.4, 0.5) is 0 Å². The number of hydrogen-bond acceptors (Lipinski definition) is 4. The predicted molar refractivity (Wildman–Crippen MR) is 125 cm³/mol. The molecule has 1 atom stereocenters. The number of carbonyl (C=O) groups excluding carboxylic acids is 2. The number of esters is 1. The van der Waals surface area contributed by atoms with Gasteiger partial charge in [-0.15, -0.1) is 0 Å². The van der Waals surface area contributed by atoms with Crippen LogP contribution in [-0.2, 0) is 19.1 Å². The second-order valence-electron chi connectivity index (χ2n) is 9.66. The molecule has 6 nitrogen and oxygen atoms in total. The number of aliphatic carboxylic acids is 1. The van der Waals surface area contributed by atoms with Crippen LogP contribution in [0.3, 0.4) is 0 Å². The van der Waals surface area contributed by atoms with Gasteiger partial charge in [0.2, 0.25) is 5.91 Å². The Kier molecular flexibility index (Phi) is 17.1. The minimum atomic E-state index is -0.997. The number of carbonyl (C=O) groups is 3. The zero-order valence-corrected chi connectivity index (χ0v) is 20.5. The lowest BCUT2D eigenvalue weighted by atomic mass is 10.0. The van der Waals surface area contributed by atoms with Gasteiger partial charge in [-0.2, -0.15) is 0 Å². The van der Waals surface area contributed by atoms with Crippen LogP contribution in [0.15, 0.2) is 0 Å². The zero-order valence-electron chi connectivity index (χ0n) is 20.5. The largest absolute Gasteiger partial charge is 0.480 e. The summed E-state index contributed by atoms with van der Waals surface area (Å²) < 4.78 is 5.31. The van der Waals surface area contributed by atoms with Gasteiger partial charge in [0.1, 0.15) is 11.6 Å². The van der Waals surface area contributed by atoms with Crippen molar-refractivity contribution in [1.29, 1.82) is 0 Å². The molecule has 0 saturated carbocycles. The number of amides is 1. The van der Waals surface area contributed by atoms with E-state index >= 15 is 0 Å². The molecule has 0 aliphatic rings. The van der Waals surface area contributed by atoms with Gasteiger partial charge in [0.25, 0.3) is 0 Å². The molecule has 0 aromatic heterocycles. The molecule has 0 rings (SSSR count). The number of rotatable bonds is 19. The molecule has 0 radical (unpaired) electrons. The summed E-state index contributed by atoms with van der Waals surface area (Å²) in [5.41, 5.74) is -0.376. The summed E-state index contributed by atoms with van der Waals surface area (Å²) in [6, 6.07) is -0.809. The van der Waals surface area contributed by atoms with E-state index < -0.39 is 12.0 Å². The molecular weight excluding hydrogens is 394 g/mol. The van der Waals surface area contributed by atoms with E-state index in [9.17, 15) is 14.4 Å². The first kappa shape index (κ1) is 29.4. The van der Waals surface area contributed by atoms with Crippen molar-refractivity contribution >= 4 is 17.8 Å². The Labute approximate surface area is 189 Å². The summed E-state index contributed by atoms with van der Waals surface area (Å²) in [6.45, 7) is 7.20. The Morgan fingerprint density at radius 2 is 1.06 bits per heavy atom. The molecule has 0 aromatic rings. The third kappa shape index (κ3) is 21.4. The van der Waals surface area contributed by atoms with Crippen molar-refractivity contribution in [3.05, 3.63) is 0 Å². The van der Waals surface area contributed by atoms with E-state index in [2.05, 4.69) is 5.32 Å². The van der Waals surface area contributed by atoms with Gasteiger partial charge in [0, 0.05) is 12.8 Å². The summed E-state index contributed by atoms with van der Waals surface area (Å²) in [7, 11) is 0. The predicted octanol–water partition coefficient (Wildman–Crippen LogP) is 6.16. The molecule has 0 aliphatic heterocycles. The number of unbranched alkanes of at least 4 members (excludes halogenated alkanes) is 13. The zero-order chi connectivity index (χ0) is 23.5. The van der Waals surface area contributed by atoms with Gasteiger partial charge in [-0.3, -0.25) is 14.4 Å². The summed E-state index contributed by atoms with van der Waals surface area (Å²) in [6.07, 6.45) is 17.4. The average molecular weight is 442 g/mol. The topological polar surface area (TPSA) is 92.7 Å². The van der Waals surface area contributed by atoms with Gasteiger partial charge < -0.3 is 15.2 Å². The molecule has 6 heteroatoms. The maximum Gasteiger partial charge on any atom is 0.325 e. The van der Waals surface area contributed by atoms with E-state index in [-0.39, 0.29) is 17.5 Å². The maximum absolute atomic E-state index is 11.6. The van der Waals surface area contributed by atoms with Crippen LogP contribution in [0.5, 0.6) is 0 Å². The van der Waals surface area contributed by atoms with E-state index in [1.54, 1.807) is 0 Å². The van der Waals surface area contributed by atoms with Gasteiger partial charge in [-0.05, 0) is 40.5 Å². The minimum Gasteiger partial charge on any atom is -0.480 e. The van der Waals surface area contributed by atoms with Gasteiger partial charge >= 0.3 is 11.9 Å². The first-order valence-corrected chi connectivity index (χ1v) is 12.4. The molecule has 0 spiro atoms. The maximum atomic E-state index is 11.6. The second-order valence-corrected chi connectivity index (χ2v) is 9.66. The molecule has 0 saturated heterocycles. The molecular formula is C25H47NO5. The fraction of sp³-hybridized carbons (Fsp3) is 0.880. The lowest BCUT2D eigenvalue weighted by Crippen LogP contribution is -2.38. The van der Waals surface area contributed by atoms with E-state index in [1.807, 2.05) is 20.8 Å². The smallest absolute Gasteiger partial charge is 0.325 e. The van der Waals surface area contributed by atoms with Gasteiger partial charge in [0.05, 0.1) is 0 Å². The van der Waals surface area contributed by atoms with Gasteiger partial charge in [-0.1, -0.05) is 77.0 Å². The third-order valence-electron chi connectivity index (χ3n) is 5.20. The average Bonchev–Trinajstić information content (AvgIpc) is 2.66. The molecule has 0 bridgehead atoms. The van der Waals surface area contributed by atoms with Crippen molar-refractivity contribution < 1.29 is 24.2 Å². The fourth-order valence-corrected chi connectivity index (χ4v) is 3.44. The lowest BCUT2D eigenvalue weighted by molar-refractivity contribution is -0.155. The summed E-state index contributed by atoms with van der Waals surface area (Å²) in [5, 5.41) is 11.2. The number of ether oxygens (including phenoxy) is 1. The summed E-state index contributed by atoms with van der Waals surface area (Å²) in [5.74, 6) is -1.25. The fourth-order valence-electron chi connectivity index (χ4n) is 3.44. The Morgan fingerprint density at radius 1 is 0.710 bits per heavy atom. The molecule has 1 amide bonds. The van der Waals surface area contributed by atoms with Crippen molar-refractivity contribution in [3.63, 3.8) is 0 Å². The highest BCUT2D eigenvalue weighted by atomic mass is 16.6. The highest BCUT2D eigenvalue weighted by Crippen LogP contribution is 2.15. The van der Waals surface area contributed by atoms with Gasteiger partial charge in [0.15, 0.2) is 0 Å². The van der Waals surface area contributed by atoms with Crippen molar-refractivity contribution in [3.8, 4) is 0 Å². The lowest BCUT2D eigenvalue weighted by Gasteiger charge is -2.19. The number of carboxylic acid groups (broad SMARTS) is 1. The van der Waals surface area contributed by atoms with Crippen molar-refractivity contribution in [1.82, 2.24) is 5.32 Å². The molecule has 182 valence electrons. The van der Waals surface area contributed by atoms with Crippen molar-refractivity contribution in [2.24, 2.45) is 0 Å². The first-order chi connectivity index (χ1) is 14.6. The molecule has 0 fully saturated rings. The highest BCUT2D eigenvalue weighted by Gasteiger charge is 2.15. The summed E-state index contributed by atoms with van der Waals surface area (Å²) >= 11 is 0. The van der Waals surface area contributed by atoms with E-state index in [0.29, 0.717) is 12.8 Å². The Hall–Kier alpha value is -1.59. The third-order valence-corrected chi connectivity index (χ3v) is 5.20. The minimum absolute atomic E-state index is 0.0802. The molecule has 2 N–H and O–H groups in total. The van der Waals surface area contributed by atoms with E-state index in [0.717, 1.165) is 32.1 Å². The quantitative estimate of drug-likeness (QED) is 0.185. The monoisotopic (exact) mass is 441 g/mol. The number of hydrogen-bond donors (Lipinski definition) is 2. The Bertz CT molecular complexity index is 499.